The van der Waals surface area contributed by atoms with Crippen molar-refractivity contribution in [2.24, 2.45) is 0 Å². The van der Waals surface area contributed by atoms with Gasteiger partial charge in [0.05, 0.1) is 11.4 Å². The highest BCUT2D eigenvalue weighted by molar-refractivity contribution is 6.05. The summed E-state index contributed by atoms with van der Waals surface area (Å²) >= 11 is 0. The quantitative estimate of drug-likeness (QED) is 0.189. The number of anilines is 4. The fourth-order valence-corrected chi connectivity index (χ4v) is 3.97. The van der Waals surface area contributed by atoms with Crippen molar-refractivity contribution >= 4 is 40.0 Å². The molecule has 3 aromatic carbocycles. The summed E-state index contributed by atoms with van der Waals surface area (Å²) in [5, 5.41) is 10.7. The highest BCUT2D eigenvalue weighted by atomic mass is 16.1. The molecule has 0 unspecified atom stereocenters. The molecule has 0 aliphatic heterocycles. The molecule has 1 amide bonds. The van der Waals surface area contributed by atoms with Gasteiger partial charge in [0, 0.05) is 41.9 Å². The minimum atomic E-state index is -0.206. The fraction of sp³-hybridized carbons (Fsp3) is 0.107. The van der Waals surface area contributed by atoms with E-state index in [2.05, 4.69) is 55.3 Å². The van der Waals surface area contributed by atoms with E-state index in [4.69, 9.17) is 5.73 Å². The number of nitrogen functional groups attached to an aromatic ring is 1. The molecule has 0 radical (unpaired) electrons. The van der Waals surface area contributed by atoms with Crippen LogP contribution in [-0.2, 0) is 13.0 Å². The standard InChI is InChI=1S/C28H27N7O/c29-23-6-2-4-8-25(23)34-27(36)20-11-9-19(10-12-20)17-33-28-31-16-14-26(35-28)30-15-13-21-18-32-24-7-3-1-5-22(21)24/h1-12,14,16,18,32H,13,15,17,29H2,(H,34,36)(H2,30,31,33,35). The second-order valence-corrected chi connectivity index (χ2v) is 8.39. The van der Waals surface area contributed by atoms with Gasteiger partial charge >= 0.3 is 0 Å². The van der Waals surface area contributed by atoms with E-state index in [9.17, 15) is 4.79 Å². The molecular weight excluding hydrogens is 450 g/mol. The lowest BCUT2D eigenvalue weighted by atomic mass is 10.1. The Bertz CT molecular complexity index is 1480. The zero-order valence-corrected chi connectivity index (χ0v) is 19.7. The number of nitrogens with two attached hydrogens (primary N) is 1. The zero-order chi connectivity index (χ0) is 24.7. The van der Waals surface area contributed by atoms with E-state index < -0.39 is 0 Å². The van der Waals surface area contributed by atoms with Crippen molar-refractivity contribution in [3.05, 3.63) is 108 Å². The lowest BCUT2D eigenvalue weighted by Crippen LogP contribution is -2.13. The number of nitrogens with one attached hydrogen (secondary N) is 4. The molecule has 0 bridgehead atoms. The Kier molecular flexibility index (Phi) is 6.75. The van der Waals surface area contributed by atoms with Crippen molar-refractivity contribution in [2.45, 2.75) is 13.0 Å². The van der Waals surface area contributed by atoms with Crippen molar-refractivity contribution in [3.63, 3.8) is 0 Å². The predicted octanol–water partition coefficient (Wildman–Crippen LogP) is 5.06. The number of rotatable bonds is 9. The third kappa shape index (κ3) is 5.44. The van der Waals surface area contributed by atoms with E-state index in [1.807, 2.05) is 36.4 Å². The Morgan fingerprint density at radius 2 is 1.72 bits per heavy atom. The highest BCUT2D eigenvalue weighted by Gasteiger charge is 2.08. The van der Waals surface area contributed by atoms with Gasteiger partial charge in [-0.05, 0) is 53.9 Å². The molecule has 0 spiro atoms. The third-order valence-electron chi connectivity index (χ3n) is 5.91. The summed E-state index contributed by atoms with van der Waals surface area (Å²) in [6.45, 7) is 1.29. The van der Waals surface area contributed by atoms with E-state index in [-0.39, 0.29) is 5.91 Å². The Morgan fingerprint density at radius 1 is 0.917 bits per heavy atom. The minimum absolute atomic E-state index is 0.206. The minimum Gasteiger partial charge on any atom is -0.397 e. The number of aromatic nitrogens is 3. The Morgan fingerprint density at radius 3 is 2.58 bits per heavy atom. The number of amides is 1. The van der Waals surface area contributed by atoms with Gasteiger partial charge < -0.3 is 26.7 Å². The number of aromatic amines is 1. The highest BCUT2D eigenvalue weighted by Crippen LogP contribution is 2.19. The summed E-state index contributed by atoms with van der Waals surface area (Å²) in [5.74, 6) is 1.09. The fourth-order valence-electron chi connectivity index (χ4n) is 3.97. The molecule has 36 heavy (non-hydrogen) atoms. The van der Waals surface area contributed by atoms with Crippen molar-refractivity contribution in [3.8, 4) is 0 Å². The second-order valence-electron chi connectivity index (χ2n) is 8.39. The molecule has 5 rings (SSSR count). The summed E-state index contributed by atoms with van der Waals surface area (Å²) in [6, 6.07) is 24.7. The summed E-state index contributed by atoms with van der Waals surface area (Å²) in [5.41, 5.74) is 11.0. The predicted molar refractivity (Wildman–Crippen MR) is 145 cm³/mol. The van der Waals surface area contributed by atoms with Crippen LogP contribution in [0.15, 0.2) is 91.3 Å². The topological polar surface area (TPSA) is 121 Å². The third-order valence-corrected chi connectivity index (χ3v) is 5.91. The number of nitrogens with zero attached hydrogens (tertiary/aromatic N) is 2. The molecule has 2 heterocycles. The smallest absolute Gasteiger partial charge is 0.255 e. The molecule has 0 aliphatic carbocycles. The number of benzene rings is 3. The molecule has 0 atom stereocenters. The van der Waals surface area contributed by atoms with Gasteiger partial charge in [0.25, 0.3) is 5.91 Å². The van der Waals surface area contributed by atoms with Crippen LogP contribution in [0, 0.1) is 0 Å². The average molecular weight is 478 g/mol. The normalized spacial score (nSPS) is 10.8. The van der Waals surface area contributed by atoms with Crippen LogP contribution in [-0.4, -0.2) is 27.4 Å². The maximum atomic E-state index is 12.5. The summed E-state index contributed by atoms with van der Waals surface area (Å²) in [6.07, 6.45) is 4.67. The average Bonchev–Trinajstić information content (AvgIpc) is 3.32. The van der Waals surface area contributed by atoms with Crippen LogP contribution in [0.5, 0.6) is 0 Å². The Labute approximate surface area is 209 Å². The molecule has 8 heteroatoms. The van der Waals surface area contributed by atoms with Crippen molar-refractivity contribution < 1.29 is 4.79 Å². The summed E-state index contributed by atoms with van der Waals surface area (Å²) in [7, 11) is 0. The van der Waals surface area contributed by atoms with E-state index in [1.54, 1.807) is 30.5 Å². The number of H-pyrrole nitrogens is 1. The van der Waals surface area contributed by atoms with E-state index in [1.165, 1.54) is 10.9 Å². The molecule has 5 aromatic rings. The van der Waals surface area contributed by atoms with Gasteiger partial charge in [-0.2, -0.15) is 4.98 Å². The largest absolute Gasteiger partial charge is 0.397 e. The first-order valence-electron chi connectivity index (χ1n) is 11.8. The monoisotopic (exact) mass is 477 g/mol. The van der Waals surface area contributed by atoms with Crippen LogP contribution in [0.4, 0.5) is 23.1 Å². The summed E-state index contributed by atoms with van der Waals surface area (Å²) in [4.78, 5) is 24.7. The number of hydrogen-bond donors (Lipinski definition) is 5. The first kappa shape index (κ1) is 22.9. The van der Waals surface area contributed by atoms with Crippen LogP contribution in [0.25, 0.3) is 10.9 Å². The molecule has 6 N–H and O–H groups in total. The first-order chi connectivity index (χ1) is 17.7. The van der Waals surface area contributed by atoms with Crippen molar-refractivity contribution in [2.75, 3.05) is 28.2 Å². The van der Waals surface area contributed by atoms with Crippen molar-refractivity contribution in [1.82, 2.24) is 15.0 Å². The van der Waals surface area contributed by atoms with Gasteiger partial charge in [-0.3, -0.25) is 4.79 Å². The lowest BCUT2D eigenvalue weighted by Gasteiger charge is -2.10. The molecule has 0 aliphatic rings. The maximum Gasteiger partial charge on any atom is 0.255 e. The molecule has 0 fully saturated rings. The van der Waals surface area contributed by atoms with Crippen molar-refractivity contribution in [1.29, 1.82) is 0 Å². The molecule has 8 nitrogen and oxygen atoms in total. The van der Waals surface area contributed by atoms with Crippen LogP contribution in [0.2, 0.25) is 0 Å². The second kappa shape index (κ2) is 10.6. The van der Waals surface area contributed by atoms with Crippen LogP contribution >= 0.6 is 0 Å². The maximum absolute atomic E-state index is 12.5. The van der Waals surface area contributed by atoms with Crippen LogP contribution in [0.1, 0.15) is 21.5 Å². The van der Waals surface area contributed by atoms with Gasteiger partial charge in [0.1, 0.15) is 5.82 Å². The number of hydrogen-bond acceptors (Lipinski definition) is 6. The lowest BCUT2D eigenvalue weighted by molar-refractivity contribution is 0.102. The van der Waals surface area contributed by atoms with Crippen LogP contribution in [0.3, 0.4) is 0 Å². The first-order valence-corrected chi connectivity index (χ1v) is 11.8. The Hall–Kier alpha value is -4.85. The van der Waals surface area contributed by atoms with Gasteiger partial charge in [0.2, 0.25) is 5.95 Å². The van der Waals surface area contributed by atoms with Gasteiger partial charge in [-0.25, -0.2) is 4.98 Å². The molecule has 180 valence electrons. The van der Waals surface area contributed by atoms with Crippen LogP contribution < -0.4 is 21.7 Å². The molecule has 0 saturated heterocycles. The number of carbonyl (C=O) groups is 1. The number of carbonyl (C=O) groups excluding carboxylic acids is 1. The van der Waals surface area contributed by atoms with Gasteiger partial charge in [-0.1, -0.05) is 42.5 Å². The summed E-state index contributed by atoms with van der Waals surface area (Å²) < 4.78 is 0. The van der Waals surface area contributed by atoms with Gasteiger partial charge in [0.15, 0.2) is 0 Å². The molecular formula is C28H27N7O. The van der Waals surface area contributed by atoms with E-state index >= 15 is 0 Å². The number of fused-ring (bicyclic) bond motifs is 1. The van der Waals surface area contributed by atoms with E-state index in [0.717, 1.165) is 29.9 Å². The zero-order valence-electron chi connectivity index (χ0n) is 19.7. The van der Waals surface area contributed by atoms with E-state index in [0.29, 0.717) is 29.4 Å². The van der Waals surface area contributed by atoms with Gasteiger partial charge in [-0.15, -0.1) is 0 Å². The SMILES string of the molecule is Nc1ccccc1NC(=O)c1ccc(CNc2nccc(NCCc3c[nH]c4ccccc34)n2)cc1. The molecule has 0 saturated carbocycles. The number of para-hydroxylation sites is 3. The molecule has 2 aromatic heterocycles. The Balaban J connectivity index is 1.13.